The number of methoxy groups -OCH3 is 1. The van der Waals surface area contributed by atoms with Crippen molar-refractivity contribution in [2.75, 3.05) is 71.8 Å². The smallest absolute Gasteiger partial charge is 0.278 e. The van der Waals surface area contributed by atoms with Crippen LogP contribution in [0.2, 0.25) is 0 Å². The van der Waals surface area contributed by atoms with Crippen molar-refractivity contribution in [3.63, 3.8) is 0 Å². The highest BCUT2D eigenvalue weighted by atomic mass is 32.2. The van der Waals surface area contributed by atoms with E-state index in [1.165, 1.54) is 30.6 Å². The molecular weight excluding hydrogens is 580 g/mol. The third-order valence-electron chi connectivity index (χ3n) is 6.93. The number of nitrogens with one attached hydrogen (secondary N) is 1. The molecule has 0 atom stereocenters. The molecule has 4 rings (SSSR count). The summed E-state index contributed by atoms with van der Waals surface area (Å²) in [6.45, 7) is 7.03. The van der Waals surface area contributed by atoms with E-state index < -0.39 is 15.7 Å². The molecule has 42 heavy (non-hydrogen) atoms. The Bertz CT molecular complexity index is 1500. The molecule has 1 amide bonds. The van der Waals surface area contributed by atoms with Crippen LogP contribution in [0.15, 0.2) is 46.4 Å². The van der Waals surface area contributed by atoms with Gasteiger partial charge in [-0.05, 0) is 52.6 Å². The van der Waals surface area contributed by atoms with Crippen LogP contribution in [-0.4, -0.2) is 112 Å². The van der Waals surface area contributed by atoms with Gasteiger partial charge in [0.05, 0.1) is 37.0 Å². The van der Waals surface area contributed by atoms with Gasteiger partial charge in [0, 0.05) is 30.9 Å². The van der Waals surface area contributed by atoms with Crippen molar-refractivity contribution < 1.29 is 27.4 Å². The number of anilines is 1. The van der Waals surface area contributed by atoms with Crippen molar-refractivity contribution in [3.8, 4) is 5.88 Å². The Morgan fingerprint density at radius 3 is 2.52 bits per heavy atom. The quantitative estimate of drug-likeness (QED) is 0.225. The highest BCUT2D eigenvalue weighted by Gasteiger charge is 2.23. The lowest BCUT2D eigenvalue weighted by atomic mass is 10.1. The lowest BCUT2D eigenvalue weighted by molar-refractivity contribution is -0.110. The number of hydrazone groups is 1. The zero-order valence-electron chi connectivity index (χ0n) is 24.6. The number of hydrogen-bond acceptors (Lipinski definition) is 12. The van der Waals surface area contributed by atoms with Crippen LogP contribution in [0.1, 0.15) is 25.8 Å². The number of carbonyl (C=O) groups excluding carboxylic acids is 1. The first-order valence-corrected chi connectivity index (χ1v) is 16.1. The maximum atomic E-state index is 13.5. The molecule has 3 heterocycles. The summed E-state index contributed by atoms with van der Waals surface area (Å²) in [5.74, 6) is -0.0208. The molecule has 3 aromatic rings. The highest BCUT2D eigenvalue weighted by molar-refractivity contribution is 7.91. The van der Waals surface area contributed by atoms with Crippen LogP contribution in [0.5, 0.6) is 5.88 Å². The molecule has 0 saturated carbocycles. The first kappa shape index (κ1) is 31.8. The molecule has 0 aliphatic carbocycles. The number of fused-ring (bicyclic) bond motifs is 1. The second kappa shape index (κ2) is 13.9. The van der Waals surface area contributed by atoms with E-state index in [2.05, 4.69) is 39.1 Å². The van der Waals surface area contributed by atoms with E-state index >= 15 is 0 Å². The first-order valence-electron chi connectivity index (χ1n) is 13.6. The van der Waals surface area contributed by atoms with Gasteiger partial charge in [-0.25, -0.2) is 18.4 Å². The molecular formula is C28H38N6O6S2. The van der Waals surface area contributed by atoms with Gasteiger partial charge in [0.2, 0.25) is 5.88 Å². The van der Waals surface area contributed by atoms with Crippen LogP contribution in [0, 0.1) is 0 Å². The number of thiazole rings is 1. The van der Waals surface area contributed by atoms with Gasteiger partial charge in [-0.3, -0.25) is 15.1 Å². The van der Waals surface area contributed by atoms with E-state index in [1.54, 1.807) is 29.3 Å². The van der Waals surface area contributed by atoms with E-state index in [0.717, 1.165) is 0 Å². The number of ether oxygens (including phenoxy) is 3. The fraction of sp³-hybridized carbons (Fsp3) is 0.500. The predicted molar refractivity (Wildman–Crippen MR) is 163 cm³/mol. The molecule has 1 N–H and O–H groups in total. The Labute approximate surface area is 250 Å². The van der Waals surface area contributed by atoms with Gasteiger partial charge in [0.15, 0.2) is 20.7 Å². The fourth-order valence-corrected chi connectivity index (χ4v) is 5.94. The van der Waals surface area contributed by atoms with Gasteiger partial charge in [0.1, 0.15) is 17.0 Å². The van der Waals surface area contributed by atoms with Crippen molar-refractivity contribution in [2.45, 2.75) is 30.7 Å². The standard InChI is InChI=1S/C28H38N6O6S2/c1-28(2,33(3)4)19-40-23-12-11-22-26(30-23)41-27(29-22)31-25(35)24(32-34-13-16-39-17-14-34)20-7-9-21(10-8-20)42(36,37)18-6-15-38-5/h7-12H,6,13-19H2,1-5H3,(H,29,31,35). The van der Waals surface area contributed by atoms with Crippen molar-refractivity contribution >= 4 is 48.3 Å². The minimum atomic E-state index is -3.48. The monoisotopic (exact) mass is 618 g/mol. The van der Waals surface area contributed by atoms with Gasteiger partial charge < -0.3 is 19.1 Å². The van der Waals surface area contributed by atoms with Crippen LogP contribution in [0.4, 0.5) is 5.13 Å². The summed E-state index contributed by atoms with van der Waals surface area (Å²) in [6.07, 6.45) is 0.394. The van der Waals surface area contributed by atoms with Crippen molar-refractivity contribution in [1.82, 2.24) is 19.9 Å². The molecule has 1 saturated heterocycles. The highest BCUT2D eigenvalue weighted by Crippen LogP contribution is 2.27. The molecule has 1 aliphatic rings. The largest absolute Gasteiger partial charge is 0.476 e. The maximum absolute atomic E-state index is 13.5. The predicted octanol–water partition coefficient (Wildman–Crippen LogP) is 2.90. The minimum absolute atomic E-state index is 0.0266. The normalized spacial score (nSPS) is 14.9. The average Bonchev–Trinajstić information content (AvgIpc) is 3.37. The molecule has 0 bridgehead atoms. The molecule has 0 radical (unpaired) electrons. The fourth-order valence-electron chi connectivity index (χ4n) is 3.83. The van der Waals surface area contributed by atoms with Crippen LogP contribution in [0.25, 0.3) is 10.3 Å². The van der Waals surface area contributed by atoms with E-state index in [4.69, 9.17) is 14.2 Å². The van der Waals surface area contributed by atoms with E-state index in [9.17, 15) is 13.2 Å². The Balaban J connectivity index is 1.54. The lowest BCUT2D eigenvalue weighted by Gasteiger charge is -2.31. The van der Waals surface area contributed by atoms with E-state index in [-0.39, 0.29) is 21.9 Å². The number of amides is 1. The Morgan fingerprint density at radius 2 is 1.86 bits per heavy atom. The summed E-state index contributed by atoms with van der Waals surface area (Å²) < 4.78 is 41.7. The van der Waals surface area contributed by atoms with Gasteiger partial charge in [-0.2, -0.15) is 5.10 Å². The Hall–Kier alpha value is -3.17. The molecule has 228 valence electrons. The third-order valence-corrected chi connectivity index (χ3v) is 9.62. The van der Waals surface area contributed by atoms with E-state index in [1.807, 2.05) is 14.1 Å². The van der Waals surface area contributed by atoms with Gasteiger partial charge in [-0.1, -0.05) is 23.5 Å². The zero-order chi connectivity index (χ0) is 30.3. The number of aromatic nitrogens is 2. The molecule has 14 heteroatoms. The summed E-state index contributed by atoms with van der Waals surface area (Å²) >= 11 is 1.23. The molecule has 1 fully saturated rings. The number of pyridine rings is 1. The number of morpholine rings is 1. The Kier molecular flexibility index (Phi) is 10.5. The van der Waals surface area contributed by atoms with E-state index in [0.29, 0.717) is 72.9 Å². The summed E-state index contributed by atoms with van der Waals surface area (Å²) in [5.41, 5.74) is 1.08. The van der Waals surface area contributed by atoms with Crippen LogP contribution in [-0.2, 0) is 24.1 Å². The molecule has 2 aromatic heterocycles. The molecule has 1 aromatic carbocycles. The van der Waals surface area contributed by atoms with Gasteiger partial charge in [0.25, 0.3) is 5.91 Å². The molecule has 0 spiro atoms. The van der Waals surface area contributed by atoms with Gasteiger partial charge >= 0.3 is 0 Å². The number of benzene rings is 1. The number of nitrogens with zero attached hydrogens (tertiary/aromatic N) is 5. The second-order valence-corrected chi connectivity index (χ2v) is 13.7. The van der Waals surface area contributed by atoms with Crippen molar-refractivity contribution in [3.05, 3.63) is 42.0 Å². The summed E-state index contributed by atoms with van der Waals surface area (Å²) in [4.78, 5) is 25.5. The number of rotatable bonds is 13. The maximum Gasteiger partial charge on any atom is 0.278 e. The number of carbonyl (C=O) groups is 1. The van der Waals surface area contributed by atoms with Crippen LogP contribution in [0.3, 0.4) is 0 Å². The summed E-state index contributed by atoms with van der Waals surface area (Å²) in [7, 11) is 2.04. The van der Waals surface area contributed by atoms with Crippen molar-refractivity contribution in [1.29, 1.82) is 0 Å². The summed E-state index contributed by atoms with van der Waals surface area (Å²) in [5, 5.41) is 9.59. The molecule has 12 nitrogen and oxygen atoms in total. The molecule has 0 unspecified atom stereocenters. The SMILES string of the molecule is COCCCS(=O)(=O)c1ccc(C(=NN2CCOCC2)C(=O)Nc2nc3ccc(OCC(C)(C)N(C)C)nc3s2)cc1. The van der Waals surface area contributed by atoms with Crippen LogP contribution < -0.4 is 10.1 Å². The average molecular weight is 619 g/mol. The van der Waals surface area contributed by atoms with Crippen LogP contribution >= 0.6 is 11.3 Å². The molecule has 1 aliphatic heterocycles. The first-order chi connectivity index (χ1) is 20.0. The lowest BCUT2D eigenvalue weighted by Crippen LogP contribution is -2.43. The summed E-state index contributed by atoms with van der Waals surface area (Å²) in [6, 6.07) is 9.76. The number of likely N-dealkylation sites (N-methyl/N-ethyl adjacent to an activating group) is 1. The topological polar surface area (TPSA) is 136 Å². The number of sulfone groups is 1. The van der Waals surface area contributed by atoms with Crippen molar-refractivity contribution in [2.24, 2.45) is 5.10 Å². The second-order valence-electron chi connectivity index (χ2n) is 10.6. The number of hydrogen-bond donors (Lipinski definition) is 1. The zero-order valence-corrected chi connectivity index (χ0v) is 26.3. The van der Waals surface area contributed by atoms with Gasteiger partial charge in [-0.15, -0.1) is 0 Å². The third kappa shape index (κ3) is 8.22. The minimum Gasteiger partial charge on any atom is -0.476 e. The Morgan fingerprint density at radius 1 is 1.14 bits per heavy atom.